The predicted octanol–water partition coefficient (Wildman–Crippen LogP) is 5.03. The van der Waals surface area contributed by atoms with E-state index in [1.54, 1.807) is 23.1 Å². The molecule has 3 aromatic carbocycles. The largest absolute Gasteiger partial charge is 0.379 e. The summed E-state index contributed by atoms with van der Waals surface area (Å²) in [5, 5.41) is 0. The van der Waals surface area contributed by atoms with Crippen LogP contribution in [0.15, 0.2) is 77.7 Å². The molecule has 0 aliphatic rings. The van der Waals surface area contributed by atoms with Crippen LogP contribution in [0, 0.1) is 17.6 Å². The molecule has 8 heteroatoms. The Morgan fingerprint density at radius 1 is 0.938 bits per heavy atom. The summed E-state index contributed by atoms with van der Waals surface area (Å²) < 4.78 is 56.8. The number of carbonyl (C=O) groups is 1. The Labute approximate surface area is 186 Å². The Morgan fingerprint density at radius 2 is 1.62 bits per heavy atom. The summed E-state index contributed by atoms with van der Waals surface area (Å²) >= 11 is 0. The summed E-state index contributed by atoms with van der Waals surface area (Å²) in [6, 6.07) is 16.2. The minimum Gasteiger partial charge on any atom is -0.379 e. The Balaban J connectivity index is 1.81. The van der Waals surface area contributed by atoms with Crippen LogP contribution in [0.25, 0.3) is 0 Å². The van der Waals surface area contributed by atoms with Gasteiger partial charge < -0.3 is 9.08 Å². The lowest BCUT2D eigenvalue weighted by molar-refractivity contribution is 0.0722. The third-order valence-electron chi connectivity index (χ3n) is 4.52. The summed E-state index contributed by atoms with van der Waals surface area (Å²) in [7, 11) is -4.15. The van der Waals surface area contributed by atoms with Gasteiger partial charge in [-0.1, -0.05) is 32.0 Å². The molecule has 0 atom stereocenters. The number of carbonyl (C=O) groups excluding carboxylic acids is 1. The van der Waals surface area contributed by atoms with Crippen LogP contribution in [-0.4, -0.2) is 25.8 Å². The standard InChI is InChI=1S/C24H23F2NO4S/c1-17(2)15-27(24(28)19-6-4-7-21(26)14-19)16-18-5-3-8-22(13-18)31-32(29,30)23-11-9-20(25)10-12-23/h3-14,17H,15-16H2,1-2H3. The van der Waals surface area contributed by atoms with Gasteiger partial charge in [0, 0.05) is 18.7 Å². The fourth-order valence-electron chi connectivity index (χ4n) is 3.16. The Kier molecular flexibility index (Phi) is 7.25. The van der Waals surface area contributed by atoms with Crippen molar-refractivity contribution in [1.29, 1.82) is 0 Å². The molecule has 0 radical (unpaired) electrons. The van der Waals surface area contributed by atoms with Crippen LogP contribution in [0.2, 0.25) is 0 Å². The molecule has 5 nitrogen and oxygen atoms in total. The maximum absolute atomic E-state index is 13.6. The molecule has 1 amide bonds. The SMILES string of the molecule is CC(C)CN(Cc1cccc(OS(=O)(=O)c2ccc(F)cc2)c1)C(=O)c1cccc(F)c1. The number of halogens is 2. The molecule has 0 spiro atoms. The molecule has 32 heavy (non-hydrogen) atoms. The average molecular weight is 460 g/mol. The first-order chi connectivity index (χ1) is 15.1. The highest BCUT2D eigenvalue weighted by molar-refractivity contribution is 7.87. The van der Waals surface area contributed by atoms with Crippen molar-refractivity contribution in [3.05, 3.63) is 95.6 Å². The van der Waals surface area contributed by atoms with Crippen molar-refractivity contribution in [2.45, 2.75) is 25.3 Å². The smallest absolute Gasteiger partial charge is 0.339 e. The summed E-state index contributed by atoms with van der Waals surface area (Å²) in [5.74, 6) is -1.16. The molecule has 0 bridgehead atoms. The summed E-state index contributed by atoms with van der Waals surface area (Å²) in [6.45, 7) is 4.52. The zero-order valence-electron chi connectivity index (χ0n) is 17.7. The number of amides is 1. The lowest BCUT2D eigenvalue weighted by Crippen LogP contribution is -2.33. The van der Waals surface area contributed by atoms with Crippen LogP contribution in [0.1, 0.15) is 29.8 Å². The van der Waals surface area contributed by atoms with E-state index in [0.29, 0.717) is 12.1 Å². The van der Waals surface area contributed by atoms with E-state index in [1.165, 1.54) is 30.3 Å². The van der Waals surface area contributed by atoms with E-state index < -0.39 is 21.8 Å². The maximum Gasteiger partial charge on any atom is 0.339 e. The lowest BCUT2D eigenvalue weighted by Gasteiger charge is -2.25. The normalized spacial score (nSPS) is 11.4. The molecule has 0 aromatic heterocycles. The molecule has 168 valence electrons. The highest BCUT2D eigenvalue weighted by Crippen LogP contribution is 2.22. The van der Waals surface area contributed by atoms with Gasteiger partial charge in [-0.2, -0.15) is 8.42 Å². The maximum atomic E-state index is 13.6. The average Bonchev–Trinajstić information content (AvgIpc) is 2.72. The number of hydrogen-bond donors (Lipinski definition) is 0. The van der Waals surface area contributed by atoms with Crippen molar-refractivity contribution in [1.82, 2.24) is 4.90 Å². The van der Waals surface area contributed by atoms with E-state index in [-0.39, 0.29) is 34.6 Å². The molecular weight excluding hydrogens is 436 g/mol. The third-order valence-corrected chi connectivity index (χ3v) is 5.79. The third kappa shape index (κ3) is 6.13. The first kappa shape index (κ1) is 23.4. The fourth-order valence-corrected chi connectivity index (χ4v) is 4.08. The number of rotatable bonds is 8. The molecule has 0 heterocycles. The van der Waals surface area contributed by atoms with Crippen LogP contribution in [0.3, 0.4) is 0 Å². The Morgan fingerprint density at radius 3 is 2.28 bits per heavy atom. The highest BCUT2D eigenvalue weighted by Gasteiger charge is 2.20. The minimum atomic E-state index is -4.15. The second-order valence-corrected chi connectivity index (χ2v) is 9.27. The second-order valence-electron chi connectivity index (χ2n) is 7.73. The molecule has 0 N–H and O–H groups in total. The molecule has 0 saturated heterocycles. The molecule has 3 aromatic rings. The van der Waals surface area contributed by atoms with Gasteiger partial charge in [0.05, 0.1) is 0 Å². The van der Waals surface area contributed by atoms with Crippen LogP contribution in [0.4, 0.5) is 8.78 Å². The van der Waals surface area contributed by atoms with Gasteiger partial charge >= 0.3 is 10.1 Å². The van der Waals surface area contributed by atoms with Crippen molar-refractivity contribution >= 4 is 16.0 Å². The van der Waals surface area contributed by atoms with Crippen molar-refractivity contribution < 1.29 is 26.2 Å². The monoisotopic (exact) mass is 459 g/mol. The first-order valence-corrected chi connectivity index (χ1v) is 11.4. The second kappa shape index (κ2) is 9.91. The lowest BCUT2D eigenvalue weighted by atomic mass is 10.1. The fraction of sp³-hybridized carbons (Fsp3) is 0.208. The van der Waals surface area contributed by atoms with Crippen molar-refractivity contribution in [2.24, 2.45) is 5.92 Å². The number of benzene rings is 3. The van der Waals surface area contributed by atoms with E-state index in [1.807, 2.05) is 13.8 Å². The molecular formula is C24H23F2NO4S. The minimum absolute atomic E-state index is 0.0644. The van der Waals surface area contributed by atoms with E-state index in [9.17, 15) is 22.0 Å². The van der Waals surface area contributed by atoms with Gasteiger partial charge in [0.1, 0.15) is 22.3 Å². The first-order valence-electron chi connectivity index (χ1n) is 9.98. The number of hydrogen-bond acceptors (Lipinski definition) is 4. The van der Waals surface area contributed by atoms with Gasteiger partial charge in [-0.25, -0.2) is 8.78 Å². The van der Waals surface area contributed by atoms with E-state index in [4.69, 9.17) is 4.18 Å². The van der Waals surface area contributed by atoms with Gasteiger partial charge in [-0.15, -0.1) is 0 Å². The van der Waals surface area contributed by atoms with Crippen molar-refractivity contribution in [2.75, 3.05) is 6.54 Å². The highest BCUT2D eigenvalue weighted by atomic mass is 32.2. The molecule has 0 fully saturated rings. The molecule has 0 aliphatic heterocycles. The molecule has 0 saturated carbocycles. The van der Waals surface area contributed by atoms with Gasteiger partial charge in [0.2, 0.25) is 0 Å². The van der Waals surface area contributed by atoms with E-state index in [2.05, 4.69) is 0 Å². The van der Waals surface area contributed by atoms with Crippen molar-refractivity contribution in [3.63, 3.8) is 0 Å². The van der Waals surface area contributed by atoms with Crippen LogP contribution < -0.4 is 4.18 Å². The van der Waals surface area contributed by atoms with Gasteiger partial charge in [0.15, 0.2) is 0 Å². The van der Waals surface area contributed by atoms with Gasteiger partial charge in [-0.3, -0.25) is 4.79 Å². The van der Waals surface area contributed by atoms with E-state index >= 15 is 0 Å². The summed E-state index contributed by atoms with van der Waals surface area (Å²) in [6.07, 6.45) is 0. The van der Waals surface area contributed by atoms with E-state index in [0.717, 1.165) is 24.3 Å². The Bertz CT molecular complexity index is 1190. The van der Waals surface area contributed by atoms with Crippen LogP contribution in [0.5, 0.6) is 5.75 Å². The molecule has 0 unspecified atom stereocenters. The van der Waals surface area contributed by atoms with Crippen LogP contribution >= 0.6 is 0 Å². The zero-order valence-corrected chi connectivity index (χ0v) is 18.5. The topological polar surface area (TPSA) is 63.7 Å². The quantitative estimate of drug-likeness (QED) is 0.443. The van der Waals surface area contributed by atoms with Gasteiger partial charge in [0.25, 0.3) is 5.91 Å². The Hall–Kier alpha value is -3.26. The molecule has 0 aliphatic carbocycles. The van der Waals surface area contributed by atoms with Gasteiger partial charge in [-0.05, 0) is 66.1 Å². The van der Waals surface area contributed by atoms with Crippen molar-refractivity contribution in [3.8, 4) is 5.75 Å². The summed E-state index contributed by atoms with van der Waals surface area (Å²) in [5.41, 5.74) is 0.874. The zero-order chi connectivity index (χ0) is 23.3. The number of nitrogens with zero attached hydrogens (tertiary/aromatic N) is 1. The predicted molar refractivity (Wildman–Crippen MR) is 117 cm³/mol. The molecule has 3 rings (SSSR count). The van der Waals surface area contributed by atoms with Crippen LogP contribution in [-0.2, 0) is 16.7 Å². The summed E-state index contributed by atoms with van der Waals surface area (Å²) in [4.78, 5) is 14.4.